The molecule has 0 unspecified atom stereocenters. The number of amides is 1. The maximum absolute atomic E-state index is 11.6. The Morgan fingerprint density at radius 1 is 1.00 bits per heavy atom. The maximum Gasteiger partial charge on any atom is 0.360 e. The van der Waals surface area contributed by atoms with Crippen molar-refractivity contribution >= 4 is 28.6 Å². The third kappa shape index (κ3) is 3.23. The molecule has 0 spiro atoms. The van der Waals surface area contributed by atoms with Crippen molar-refractivity contribution in [1.82, 2.24) is 0 Å². The summed E-state index contributed by atoms with van der Waals surface area (Å²) in [6.07, 6.45) is -1.00. The molecule has 0 bridgehead atoms. The molecule has 2 rings (SSSR count). The molecule has 0 radical (unpaired) electrons. The monoisotopic (exact) mass is 317 g/mol. The summed E-state index contributed by atoms with van der Waals surface area (Å²) in [5, 5.41) is 20.1. The van der Waals surface area contributed by atoms with E-state index >= 15 is 0 Å². The number of fused-ring (bicyclic) bond motifs is 1. The van der Waals surface area contributed by atoms with Gasteiger partial charge in [0.15, 0.2) is 0 Å². The Bertz CT molecular complexity index is 751. The van der Waals surface area contributed by atoms with Gasteiger partial charge in [-0.15, -0.1) is 0 Å². The molecule has 0 heterocycles. The molecule has 2 aromatic carbocycles. The van der Waals surface area contributed by atoms with E-state index in [-0.39, 0.29) is 5.75 Å². The van der Waals surface area contributed by atoms with Gasteiger partial charge in [0.05, 0.1) is 0 Å². The highest BCUT2D eigenvalue weighted by Gasteiger charge is 2.49. The number of rotatable bonds is 7. The Labute approximate surface area is 131 Å². The minimum absolute atomic E-state index is 0.109. The maximum atomic E-state index is 11.6. The van der Waals surface area contributed by atoms with Gasteiger partial charge in [-0.3, -0.25) is 4.79 Å². The molecule has 4 N–H and O–H groups in total. The second-order valence-corrected chi connectivity index (χ2v) is 4.98. The molecule has 1 amide bonds. The third-order valence-electron chi connectivity index (χ3n) is 3.45. The van der Waals surface area contributed by atoms with Crippen LogP contribution >= 0.6 is 0 Å². The molecule has 0 aliphatic rings. The molecule has 0 fully saturated rings. The number of carbonyl (C=O) groups is 3. The molecule has 23 heavy (non-hydrogen) atoms. The molecule has 0 aromatic heterocycles. The van der Waals surface area contributed by atoms with Crippen LogP contribution in [0.2, 0.25) is 0 Å². The topological polar surface area (TPSA) is 127 Å². The van der Waals surface area contributed by atoms with E-state index in [9.17, 15) is 24.6 Å². The van der Waals surface area contributed by atoms with Crippen LogP contribution in [0.1, 0.15) is 12.8 Å². The zero-order chi connectivity index (χ0) is 17.0. The first-order valence-electron chi connectivity index (χ1n) is 6.78. The van der Waals surface area contributed by atoms with Crippen LogP contribution in [0.4, 0.5) is 0 Å². The van der Waals surface area contributed by atoms with E-state index in [1.807, 2.05) is 0 Å². The first kappa shape index (κ1) is 16.3. The first-order chi connectivity index (χ1) is 10.9. The van der Waals surface area contributed by atoms with Gasteiger partial charge >= 0.3 is 17.5 Å². The van der Waals surface area contributed by atoms with Crippen LogP contribution in [-0.4, -0.2) is 33.7 Å². The Kier molecular flexibility index (Phi) is 4.49. The lowest BCUT2D eigenvalue weighted by Crippen LogP contribution is -2.52. The molecular formula is C16H15NO6. The van der Waals surface area contributed by atoms with E-state index in [4.69, 9.17) is 10.5 Å². The lowest BCUT2D eigenvalue weighted by Gasteiger charge is -2.26. The lowest BCUT2D eigenvalue weighted by atomic mass is 9.97. The van der Waals surface area contributed by atoms with E-state index in [1.54, 1.807) is 36.4 Å². The second-order valence-electron chi connectivity index (χ2n) is 4.98. The third-order valence-corrected chi connectivity index (χ3v) is 3.45. The normalized spacial score (nSPS) is 11.1. The molecule has 0 aliphatic carbocycles. The minimum Gasteiger partial charge on any atom is -0.478 e. The highest BCUT2D eigenvalue weighted by atomic mass is 16.6. The van der Waals surface area contributed by atoms with Crippen LogP contribution in [0, 0.1) is 0 Å². The molecule has 7 heteroatoms. The fourth-order valence-electron chi connectivity index (χ4n) is 2.22. The number of hydrogen-bond donors (Lipinski definition) is 3. The number of aliphatic carboxylic acids is 2. The minimum atomic E-state index is -2.58. The van der Waals surface area contributed by atoms with Gasteiger partial charge in [-0.1, -0.05) is 36.4 Å². The van der Waals surface area contributed by atoms with Crippen LogP contribution < -0.4 is 10.5 Å². The summed E-state index contributed by atoms with van der Waals surface area (Å²) in [5.41, 5.74) is 2.42. The van der Waals surface area contributed by atoms with Crippen molar-refractivity contribution in [1.29, 1.82) is 0 Å². The Balaban J connectivity index is 2.49. The smallest absolute Gasteiger partial charge is 0.360 e. The van der Waals surface area contributed by atoms with E-state index in [0.29, 0.717) is 5.39 Å². The zero-order valence-corrected chi connectivity index (χ0v) is 12.1. The number of carboxylic acids is 2. The largest absolute Gasteiger partial charge is 0.478 e. The van der Waals surface area contributed by atoms with Gasteiger partial charge < -0.3 is 20.7 Å². The number of nitrogens with two attached hydrogens (primary N) is 1. The van der Waals surface area contributed by atoms with Crippen molar-refractivity contribution in [2.75, 3.05) is 0 Å². The summed E-state index contributed by atoms with van der Waals surface area (Å²) in [6.45, 7) is 0. The SMILES string of the molecule is NC(=O)CCC(Oc1cccc2ccccc12)(C(=O)O)C(=O)O. The fourth-order valence-corrected chi connectivity index (χ4v) is 2.22. The van der Waals surface area contributed by atoms with Gasteiger partial charge in [0.2, 0.25) is 5.91 Å². The van der Waals surface area contributed by atoms with Crippen molar-refractivity contribution in [2.45, 2.75) is 18.4 Å². The molecular weight excluding hydrogens is 302 g/mol. The van der Waals surface area contributed by atoms with Crippen LogP contribution in [0.25, 0.3) is 10.8 Å². The zero-order valence-electron chi connectivity index (χ0n) is 12.1. The molecule has 2 aromatic rings. The lowest BCUT2D eigenvalue weighted by molar-refractivity contribution is -0.173. The number of carbonyl (C=O) groups excluding carboxylic acids is 1. The van der Waals surface area contributed by atoms with Gasteiger partial charge in [-0.2, -0.15) is 0 Å². The average molecular weight is 317 g/mol. The summed E-state index contributed by atoms with van der Waals surface area (Å²) in [4.78, 5) is 34.1. The van der Waals surface area contributed by atoms with Gasteiger partial charge in [0, 0.05) is 18.2 Å². The van der Waals surface area contributed by atoms with Crippen molar-refractivity contribution in [3.05, 3.63) is 42.5 Å². The Morgan fingerprint density at radius 2 is 1.61 bits per heavy atom. The molecule has 120 valence electrons. The van der Waals surface area contributed by atoms with Gasteiger partial charge in [0.25, 0.3) is 0 Å². The molecule has 0 atom stereocenters. The van der Waals surface area contributed by atoms with Crippen LogP contribution in [0.15, 0.2) is 42.5 Å². The second kappa shape index (κ2) is 6.35. The van der Waals surface area contributed by atoms with Gasteiger partial charge in [-0.25, -0.2) is 9.59 Å². The fraction of sp³-hybridized carbons (Fsp3) is 0.188. The van der Waals surface area contributed by atoms with Gasteiger partial charge in [0.1, 0.15) is 5.75 Å². The van der Waals surface area contributed by atoms with E-state index < -0.39 is 36.3 Å². The highest BCUT2D eigenvalue weighted by molar-refractivity contribution is 6.03. The summed E-state index contributed by atoms with van der Waals surface area (Å²) in [6, 6.07) is 11.9. The number of carboxylic acid groups (broad SMARTS) is 2. The summed E-state index contributed by atoms with van der Waals surface area (Å²) < 4.78 is 5.38. The number of ether oxygens (including phenoxy) is 1. The number of primary amides is 1. The van der Waals surface area contributed by atoms with E-state index in [2.05, 4.69) is 0 Å². The van der Waals surface area contributed by atoms with Crippen LogP contribution in [0.3, 0.4) is 0 Å². The quantitative estimate of drug-likeness (QED) is 0.662. The molecule has 0 aliphatic heterocycles. The Hall–Kier alpha value is -3.09. The van der Waals surface area contributed by atoms with Crippen LogP contribution in [-0.2, 0) is 14.4 Å². The van der Waals surface area contributed by atoms with E-state index in [1.165, 1.54) is 6.07 Å². The first-order valence-corrected chi connectivity index (χ1v) is 6.78. The van der Waals surface area contributed by atoms with Crippen molar-refractivity contribution in [3.63, 3.8) is 0 Å². The van der Waals surface area contributed by atoms with Crippen molar-refractivity contribution in [3.8, 4) is 5.75 Å². The Morgan fingerprint density at radius 3 is 2.22 bits per heavy atom. The predicted octanol–water partition coefficient (Wildman–Crippen LogP) is 1.39. The summed E-state index contributed by atoms with van der Waals surface area (Å²) in [5.74, 6) is -4.09. The summed E-state index contributed by atoms with van der Waals surface area (Å²) in [7, 11) is 0. The predicted molar refractivity (Wildman–Crippen MR) is 81.0 cm³/mol. The van der Waals surface area contributed by atoms with Gasteiger partial charge in [-0.05, 0) is 11.5 Å². The molecule has 7 nitrogen and oxygen atoms in total. The standard InChI is InChI=1S/C16H15NO6/c17-13(18)8-9-16(14(19)20,15(21)22)23-12-7-3-5-10-4-1-2-6-11(10)12/h1-7H,8-9H2,(H2,17,18)(H,19,20)(H,21,22). The van der Waals surface area contributed by atoms with Crippen LogP contribution in [0.5, 0.6) is 5.75 Å². The molecule has 0 saturated carbocycles. The number of hydrogen-bond acceptors (Lipinski definition) is 4. The average Bonchev–Trinajstić information content (AvgIpc) is 2.50. The number of benzene rings is 2. The summed E-state index contributed by atoms with van der Waals surface area (Å²) >= 11 is 0. The molecule has 0 saturated heterocycles. The van der Waals surface area contributed by atoms with Crippen molar-refractivity contribution < 1.29 is 29.3 Å². The van der Waals surface area contributed by atoms with Crippen molar-refractivity contribution in [2.24, 2.45) is 5.73 Å². The van der Waals surface area contributed by atoms with E-state index in [0.717, 1.165) is 5.39 Å². The highest BCUT2D eigenvalue weighted by Crippen LogP contribution is 2.30.